The standard InChI is InChI=1S/C16H31N3O2/c1-14(2)20-11-9-18(10-12-21-15(3)4)16(5)13-19-8-6-7-17-19/h6-8,14-16H,9-13H2,1-5H3/t16-/m0/s1. The van der Waals surface area contributed by atoms with Gasteiger partial charge in [0.25, 0.3) is 0 Å². The van der Waals surface area contributed by atoms with Gasteiger partial charge in [0.1, 0.15) is 0 Å². The highest BCUT2D eigenvalue weighted by molar-refractivity contribution is 4.79. The van der Waals surface area contributed by atoms with E-state index in [4.69, 9.17) is 9.47 Å². The van der Waals surface area contributed by atoms with Crippen LogP contribution in [0.15, 0.2) is 18.5 Å². The SMILES string of the molecule is CC(C)OCCN(CCOC(C)C)[C@@H](C)Cn1cccn1. The predicted molar refractivity (Wildman–Crippen MR) is 85.4 cm³/mol. The van der Waals surface area contributed by atoms with E-state index in [9.17, 15) is 0 Å². The maximum atomic E-state index is 5.68. The minimum absolute atomic E-state index is 0.278. The van der Waals surface area contributed by atoms with Crippen LogP contribution in [0.2, 0.25) is 0 Å². The van der Waals surface area contributed by atoms with Crippen LogP contribution >= 0.6 is 0 Å². The molecule has 0 spiro atoms. The first-order chi connectivity index (χ1) is 9.99. The minimum Gasteiger partial charge on any atom is -0.377 e. The molecular weight excluding hydrogens is 266 g/mol. The molecule has 0 saturated carbocycles. The number of hydrogen-bond donors (Lipinski definition) is 0. The third-order valence-electron chi connectivity index (χ3n) is 3.29. The van der Waals surface area contributed by atoms with Gasteiger partial charge >= 0.3 is 0 Å². The van der Waals surface area contributed by atoms with Crippen LogP contribution in [0, 0.1) is 0 Å². The lowest BCUT2D eigenvalue weighted by Gasteiger charge is -2.29. The quantitative estimate of drug-likeness (QED) is 0.629. The van der Waals surface area contributed by atoms with Gasteiger partial charge in [0.05, 0.1) is 32.0 Å². The van der Waals surface area contributed by atoms with Crippen LogP contribution < -0.4 is 0 Å². The number of hydrogen-bond acceptors (Lipinski definition) is 4. The summed E-state index contributed by atoms with van der Waals surface area (Å²) in [6.45, 7) is 14.7. The summed E-state index contributed by atoms with van der Waals surface area (Å²) < 4.78 is 13.3. The lowest BCUT2D eigenvalue weighted by molar-refractivity contribution is 0.0215. The van der Waals surface area contributed by atoms with Gasteiger partial charge in [-0.05, 0) is 40.7 Å². The van der Waals surface area contributed by atoms with Crippen LogP contribution in [-0.4, -0.2) is 59.2 Å². The second kappa shape index (κ2) is 9.92. The van der Waals surface area contributed by atoms with Gasteiger partial charge < -0.3 is 9.47 Å². The second-order valence-electron chi connectivity index (χ2n) is 5.95. The Hall–Kier alpha value is -0.910. The molecule has 122 valence electrons. The molecule has 0 bridgehead atoms. The fraction of sp³-hybridized carbons (Fsp3) is 0.812. The lowest BCUT2D eigenvalue weighted by Crippen LogP contribution is -2.41. The van der Waals surface area contributed by atoms with E-state index in [1.54, 1.807) is 0 Å². The number of nitrogens with zero attached hydrogens (tertiary/aromatic N) is 3. The van der Waals surface area contributed by atoms with Crippen molar-refractivity contribution in [2.75, 3.05) is 26.3 Å². The van der Waals surface area contributed by atoms with Gasteiger partial charge in [-0.2, -0.15) is 5.10 Å². The van der Waals surface area contributed by atoms with Crippen molar-refractivity contribution in [3.63, 3.8) is 0 Å². The molecule has 0 saturated heterocycles. The van der Waals surface area contributed by atoms with Crippen molar-refractivity contribution in [2.45, 2.75) is 59.4 Å². The molecule has 0 fully saturated rings. The first-order valence-electron chi connectivity index (χ1n) is 7.93. The Labute approximate surface area is 129 Å². The summed E-state index contributed by atoms with van der Waals surface area (Å²) in [5.74, 6) is 0. The van der Waals surface area contributed by atoms with Gasteiger partial charge in [0.15, 0.2) is 0 Å². The topological polar surface area (TPSA) is 39.5 Å². The van der Waals surface area contributed by atoms with E-state index < -0.39 is 0 Å². The summed E-state index contributed by atoms with van der Waals surface area (Å²) >= 11 is 0. The van der Waals surface area contributed by atoms with E-state index in [0.29, 0.717) is 6.04 Å². The van der Waals surface area contributed by atoms with Crippen molar-refractivity contribution in [3.05, 3.63) is 18.5 Å². The molecule has 0 radical (unpaired) electrons. The molecule has 0 aliphatic heterocycles. The fourth-order valence-corrected chi connectivity index (χ4v) is 2.16. The van der Waals surface area contributed by atoms with Crippen molar-refractivity contribution in [2.24, 2.45) is 0 Å². The molecule has 1 aromatic rings. The van der Waals surface area contributed by atoms with Crippen LogP contribution in [-0.2, 0) is 16.0 Å². The third kappa shape index (κ3) is 8.19. The summed E-state index contributed by atoms with van der Waals surface area (Å²) in [6, 6.07) is 2.36. The van der Waals surface area contributed by atoms with Gasteiger partial charge in [-0.3, -0.25) is 9.58 Å². The Morgan fingerprint density at radius 1 is 1.00 bits per heavy atom. The van der Waals surface area contributed by atoms with Crippen LogP contribution in [0.5, 0.6) is 0 Å². The molecule has 1 heterocycles. The van der Waals surface area contributed by atoms with Gasteiger partial charge in [-0.15, -0.1) is 0 Å². The Kier molecular flexibility index (Phi) is 8.57. The second-order valence-corrected chi connectivity index (χ2v) is 5.95. The average molecular weight is 297 g/mol. The van der Waals surface area contributed by atoms with E-state index in [-0.39, 0.29) is 12.2 Å². The Bertz CT molecular complexity index is 338. The summed E-state index contributed by atoms with van der Waals surface area (Å²) in [4.78, 5) is 2.41. The molecule has 21 heavy (non-hydrogen) atoms. The maximum Gasteiger partial charge on any atom is 0.0597 e. The molecule has 1 aromatic heterocycles. The molecule has 5 nitrogen and oxygen atoms in total. The van der Waals surface area contributed by atoms with E-state index in [0.717, 1.165) is 32.8 Å². The van der Waals surface area contributed by atoms with E-state index in [1.807, 2.05) is 23.1 Å². The number of ether oxygens (including phenoxy) is 2. The van der Waals surface area contributed by atoms with Crippen molar-refractivity contribution in [1.82, 2.24) is 14.7 Å². The normalized spacial score (nSPS) is 13.5. The molecule has 5 heteroatoms. The Morgan fingerprint density at radius 2 is 1.57 bits per heavy atom. The highest BCUT2D eigenvalue weighted by atomic mass is 16.5. The zero-order valence-electron chi connectivity index (χ0n) is 14.2. The molecule has 1 rings (SSSR count). The predicted octanol–water partition coefficient (Wildman–Crippen LogP) is 2.42. The average Bonchev–Trinajstić information content (AvgIpc) is 2.89. The molecule has 0 aromatic carbocycles. The molecule has 0 aliphatic rings. The van der Waals surface area contributed by atoms with Gasteiger partial charge in [-0.1, -0.05) is 0 Å². The molecule has 0 N–H and O–H groups in total. The molecule has 1 atom stereocenters. The highest BCUT2D eigenvalue weighted by Gasteiger charge is 2.15. The van der Waals surface area contributed by atoms with Crippen molar-refractivity contribution in [1.29, 1.82) is 0 Å². The summed E-state index contributed by atoms with van der Waals surface area (Å²) in [5.41, 5.74) is 0. The fourth-order valence-electron chi connectivity index (χ4n) is 2.16. The first-order valence-corrected chi connectivity index (χ1v) is 7.93. The van der Waals surface area contributed by atoms with Crippen molar-refractivity contribution in [3.8, 4) is 0 Å². The zero-order valence-corrected chi connectivity index (χ0v) is 14.2. The Morgan fingerprint density at radius 3 is 2.00 bits per heavy atom. The smallest absolute Gasteiger partial charge is 0.0597 e. The van der Waals surface area contributed by atoms with Crippen LogP contribution in [0.25, 0.3) is 0 Å². The van der Waals surface area contributed by atoms with Crippen molar-refractivity contribution < 1.29 is 9.47 Å². The highest BCUT2D eigenvalue weighted by Crippen LogP contribution is 2.04. The lowest BCUT2D eigenvalue weighted by atomic mass is 10.2. The van der Waals surface area contributed by atoms with Crippen molar-refractivity contribution >= 4 is 0 Å². The molecule has 0 amide bonds. The van der Waals surface area contributed by atoms with E-state index >= 15 is 0 Å². The van der Waals surface area contributed by atoms with Gasteiger partial charge in [0, 0.05) is 31.5 Å². The molecular formula is C16H31N3O2. The number of aromatic nitrogens is 2. The monoisotopic (exact) mass is 297 g/mol. The first kappa shape index (κ1) is 18.1. The summed E-state index contributed by atoms with van der Waals surface area (Å²) in [7, 11) is 0. The molecule has 0 unspecified atom stereocenters. The summed E-state index contributed by atoms with van der Waals surface area (Å²) in [6.07, 6.45) is 4.38. The van der Waals surface area contributed by atoms with Gasteiger partial charge in [-0.25, -0.2) is 0 Å². The number of rotatable bonds is 11. The largest absolute Gasteiger partial charge is 0.377 e. The maximum absolute atomic E-state index is 5.68. The van der Waals surface area contributed by atoms with E-state index in [1.165, 1.54) is 0 Å². The minimum atomic E-state index is 0.278. The zero-order chi connectivity index (χ0) is 15.7. The third-order valence-corrected chi connectivity index (χ3v) is 3.29. The van der Waals surface area contributed by atoms with Gasteiger partial charge in [0.2, 0.25) is 0 Å². The van der Waals surface area contributed by atoms with Crippen LogP contribution in [0.4, 0.5) is 0 Å². The Balaban J connectivity index is 2.44. The van der Waals surface area contributed by atoms with E-state index in [2.05, 4.69) is 44.6 Å². The van der Waals surface area contributed by atoms with Crippen LogP contribution in [0.3, 0.4) is 0 Å². The molecule has 0 aliphatic carbocycles. The summed E-state index contributed by atoms with van der Waals surface area (Å²) in [5, 5.41) is 4.28. The van der Waals surface area contributed by atoms with Crippen LogP contribution in [0.1, 0.15) is 34.6 Å².